The molecule has 4 heteroatoms. The highest BCUT2D eigenvalue weighted by atomic mass is 35.5. The molecule has 3 nitrogen and oxygen atoms in total. The summed E-state index contributed by atoms with van der Waals surface area (Å²) in [5, 5.41) is 4.72. The first-order valence-corrected chi connectivity index (χ1v) is 6.68. The number of nitrogens with one attached hydrogen (secondary N) is 1. The molecule has 2 aromatic rings. The van der Waals surface area contributed by atoms with E-state index in [2.05, 4.69) is 5.32 Å². The number of aromatic nitrogens is 1. The smallest absolute Gasteiger partial charge is 0.243 e. The average molecular weight is 263 g/mol. The number of fused-ring (bicyclic) bond motifs is 1. The Kier molecular flexibility index (Phi) is 3.00. The second-order valence-corrected chi connectivity index (χ2v) is 5.11. The van der Waals surface area contributed by atoms with Gasteiger partial charge in [0.2, 0.25) is 5.91 Å². The Labute approximate surface area is 111 Å². The minimum absolute atomic E-state index is 0.108. The third-order valence-electron chi connectivity index (χ3n) is 3.55. The van der Waals surface area contributed by atoms with Gasteiger partial charge in [0, 0.05) is 23.2 Å². The lowest BCUT2D eigenvalue weighted by molar-refractivity contribution is -0.123. The number of hydrogen-bond donors (Lipinski definition) is 1. The molecule has 18 heavy (non-hydrogen) atoms. The molecule has 1 saturated heterocycles. The quantitative estimate of drug-likeness (QED) is 0.842. The number of benzene rings is 1. The summed E-state index contributed by atoms with van der Waals surface area (Å²) in [5.74, 6) is 0.116. The zero-order chi connectivity index (χ0) is 12.5. The van der Waals surface area contributed by atoms with E-state index in [0.717, 1.165) is 41.7 Å². The van der Waals surface area contributed by atoms with Crippen LogP contribution in [0.4, 0.5) is 0 Å². The zero-order valence-corrected chi connectivity index (χ0v) is 10.8. The van der Waals surface area contributed by atoms with Crippen LogP contribution < -0.4 is 5.32 Å². The predicted octanol–water partition coefficient (Wildman–Crippen LogP) is 3.14. The van der Waals surface area contributed by atoms with Gasteiger partial charge in [-0.2, -0.15) is 0 Å². The molecule has 1 fully saturated rings. The Bertz CT molecular complexity index is 590. The van der Waals surface area contributed by atoms with Crippen LogP contribution in [0.1, 0.15) is 25.3 Å². The third-order valence-corrected chi connectivity index (χ3v) is 3.88. The molecule has 1 N–H and O–H groups in total. The van der Waals surface area contributed by atoms with Crippen LogP contribution in [0.3, 0.4) is 0 Å². The molecule has 1 unspecified atom stereocenters. The summed E-state index contributed by atoms with van der Waals surface area (Å²) < 4.78 is 2.04. The van der Waals surface area contributed by atoms with Crippen LogP contribution in [-0.4, -0.2) is 17.0 Å². The number of carbonyl (C=O) groups is 1. The van der Waals surface area contributed by atoms with Crippen LogP contribution in [0.15, 0.2) is 30.5 Å². The number of rotatable bonds is 1. The van der Waals surface area contributed by atoms with Crippen molar-refractivity contribution in [1.82, 2.24) is 9.88 Å². The van der Waals surface area contributed by atoms with Gasteiger partial charge in [0.05, 0.1) is 5.52 Å². The highest BCUT2D eigenvalue weighted by molar-refractivity contribution is 6.35. The minimum atomic E-state index is -0.108. The van der Waals surface area contributed by atoms with Crippen molar-refractivity contribution in [3.63, 3.8) is 0 Å². The van der Waals surface area contributed by atoms with Gasteiger partial charge in [-0.25, -0.2) is 0 Å². The largest absolute Gasteiger partial charge is 0.354 e. The molecule has 0 aliphatic carbocycles. The van der Waals surface area contributed by atoms with E-state index in [4.69, 9.17) is 11.6 Å². The Morgan fingerprint density at radius 2 is 2.17 bits per heavy atom. The van der Waals surface area contributed by atoms with Gasteiger partial charge in [-0.05, 0) is 37.5 Å². The number of amides is 1. The first-order chi connectivity index (χ1) is 8.77. The lowest BCUT2D eigenvalue weighted by Crippen LogP contribution is -2.30. The lowest BCUT2D eigenvalue weighted by atomic mass is 10.1. The van der Waals surface area contributed by atoms with Gasteiger partial charge < -0.3 is 9.88 Å². The van der Waals surface area contributed by atoms with Crippen LogP contribution in [-0.2, 0) is 4.79 Å². The average Bonchev–Trinajstić information content (AvgIpc) is 2.68. The van der Waals surface area contributed by atoms with Gasteiger partial charge in [0.15, 0.2) is 0 Å². The van der Waals surface area contributed by atoms with Gasteiger partial charge in [-0.15, -0.1) is 0 Å². The number of halogens is 1. The molecule has 1 amide bonds. The van der Waals surface area contributed by atoms with Crippen LogP contribution in [0, 0.1) is 0 Å². The number of nitrogens with zero attached hydrogens (tertiary/aromatic N) is 1. The fourth-order valence-corrected chi connectivity index (χ4v) is 2.84. The summed E-state index contributed by atoms with van der Waals surface area (Å²) in [7, 11) is 0. The van der Waals surface area contributed by atoms with Crippen LogP contribution in [0.25, 0.3) is 10.9 Å². The van der Waals surface area contributed by atoms with Crippen molar-refractivity contribution in [2.75, 3.05) is 6.54 Å². The summed E-state index contributed by atoms with van der Waals surface area (Å²) in [5.41, 5.74) is 1.03. The van der Waals surface area contributed by atoms with E-state index in [9.17, 15) is 4.79 Å². The van der Waals surface area contributed by atoms with E-state index < -0.39 is 0 Å². The van der Waals surface area contributed by atoms with Crippen molar-refractivity contribution in [2.45, 2.75) is 25.3 Å². The van der Waals surface area contributed by atoms with Crippen LogP contribution in [0.2, 0.25) is 5.02 Å². The van der Waals surface area contributed by atoms with Crippen molar-refractivity contribution in [1.29, 1.82) is 0 Å². The highest BCUT2D eigenvalue weighted by Gasteiger charge is 2.23. The van der Waals surface area contributed by atoms with Crippen molar-refractivity contribution in [2.24, 2.45) is 0 Å². The molecule has 0 saturated carbocycles. The maximum Gasteiger partial charge on any atom is 0.243 e. The summed E-state index contributed by atoms with van der Waals surface area (Å²) in [6.07, 6.45) is 4.99. The minimum Gasteiger partial charge on any atom is -0.354 e. The lowest BCUT2D eigenvalue weighted by Gasteiger charge is -2.16. The molecule has 0 radical (unpaired) electrons. The molecular weight excluding hydrogens is 248 g/mol. The molecule has 3 rings (SSSR count). The van der Waals surface area contributed by atoms with Crippen molar-refractivity contribution >= 4 is 28.4 Å². The zero-order valence-electron chi connectivity index (χ0n) is 10.0. The molecular formula is C14H15ClN2O. The predicted molar refractivity (Wildman–Crippen MR) is 72.8 cm³/mol. The maximum absolute atomic E-state index is 12.1. The van der Waals surface area contributed by atoms with Crippen LogP contribution >= 0.6 is 11.6 Å². The van der Waals surface area contributed by atoms with Crippen molar-refractivity contribution in [3.8, 4) is 0 Å². The molecule has 2 heterocycles. The topological polar surface area (TPSA) is 34.0 Å². The molecule has 1 aromatic heterocycles. The third kappa shape index (κ3) is 1.89. The summed E-state index contributed by atoms with van der Waals surface area (Å²) in [6.45, 7) is 0.787. The number of carbonyl (C=O) groups excluding carboxylic acids is 1. The summed E-state index contributed by atoms with van der Waals surface area (Å²) in [4.78, 5) is 12.1. The van der Waals surface area contributed by atoms with Gasteiger partial charge in [-0.1, -0.05) is 17.7 Å². The van der Waals surface area contributed by atoms with E-state index in [1.807, 2.05) is 35.0 Å². The van der Waals surface area contributed by atoms with Gasteiger partial charge in [0.25, 0.3) is 0 Å². The Morgan fingerprint density at radius 1 is 1.28 bits per heavy atom. The highest BCUT2D eigenvalue weighted by Crippen LogP contribution is 2.29. The van der Waals surface area contributed by atoms with Gasteiger partial charge in [0.1, 0.15) is 6.04 Å². The molecule has 1 aliphatic rings. The summed E-state index contributed by atoms with van der Waals surface area (Å²) in [6, 6.07) is 7.69. The normalized spacial score (nSPS) is 20.7. The number of hydrogen-bond acceptors (Lipinski definition) is 1. The van der Waals surface area contributed by atoms with E-state index in [1.165, 1.54) is 0 Å². The standard InChI is InChI=1S/C14H15ClN2O/c15-11-4-3-6-12-10(11)7-9-17(12)13-5-1-2-8-16-14(13)18/h3-4,6-7,9,13H,1-2,5,8H2,(H,16,18). The molecule has 1 aromatic carbocycles. The molecule has 1 aliphatic heterocycles. The first-order valence-electron chi connectivity index (χ1n) is 6.30. The van der Waals surface area contributed by atoms with Crippen molar-refractivity contribution < 1.29 is 4.79 Å². The maximum atomic E-state index is 12.1. The monoisotopic (exact) mass is 262 g/mol. The van der Waals surface area contributed by atoms with E-state index >= 15 is 0 Å². The van der Waals surface area contributed by atoms with E-state index in [0.29, 0.717) is 0 Å². The Morgan fingerprint density at radius 3 is 3.06 bits per heavy atom. The second-order valence-electron chi connectivity index (χ2n) is 4.70. The fourth-order valence-electron chi connectivity index (χ4n) is 2.61. The molecule has 0 spiro atoms. The molecule has 94 valence electrons. The Hall–Kier alpha value is -1.48. The van der Waals surface area contributed by atoms with Crippen molar-refractivity contribution in [3.05, 3.63) is 35.5 Å². The van der Waals surface area contributed by atoms with E-state index in [1.54, 1.807) is 0 Å². The molecule has 0 bridgehead atoms. The second kappa shape index (κ2) is 4.65. The SMILES string of the molecule is O=C1NCCCCC1n1ccc2c(Cl)cccc21. The van der Waals surface area contributed by atoms with Crippen LogP contribution in [0.5, 0.6) is 0 Å². The summed E-state index contributed by atoms with van der Waals surface area (Å²) >= 11 is 6.16. The first kappa shape index (κ1) is 11.6. The van der Waals surface area contributed by atoms with Gasteiger partial charge in [-0.3, -0.25) is 4.79 Å². The van der Waals surface area contributed by atoms with E-state index in [-0.39, 0.29) is 11.9 Å². The Balaban J connectivity index is 2.08. The fraction of sp³-hybridized carbons (Fsp3) is 0.357. The molecule has 1 atom stereocenters. The van der Waals surface area contributed by atoms with Gasteiger partial charge >= 0.3 is 0 Å².